The molecule has 0 saturated heterocycles. The number of nitro groups is 1. The topological polar surface area (TPSA) is 127 Å². The molecule has 2 atom stereocenters. The van der Waals surface area contributed by atoms with Crippen molar-refractivity contribution in [1.29, 1.82) is 0 Å². The van der Waals surface area contributed by atoms with Crippen LogP contribution in [0.3, 0.4) is 0 Å². The van der Waals surface area contributed by atoms with Crippen molar-refractivity contribution in [3.05, 3.63) is 87.3 Å². The third-order valence-corrected chi connectivity index (χ3v) is 7.50. The maximum absolute atomic E-state index is 13.3. The molecule has 9 nitrogen and oxygen atoms in total. The lowest BCUT2D eigenvalue weighted by Gasteiger charge is -2.31. The van der Waals surface area contributed by atoms with E-state index in [1.807, 2.05) is 43.0 Å². The Bertz CT molecular complexity index is 1320. The van der Waals surface area contributed by atoms with Crippen LogP contribution in [0.4, 0.5) is 5.69 Å². The molecule has 0 saturated carbocycles. The van der Waals surface area contributed by atoms with Gasteiger partial charge in [0.25, 0.3) is 5.70 Å². The van der Waals surface area contributed by atoms with Crippen LogP contribution in [0, 0.1) is 27.4 Å². The highest BCUT2D eigenvalue weighted by atomic mass is 16.6. The number of carbonyl (C=O) groups excluding carboxylic acids is 2. The maximum atomic E-state index is 13.3. The largest absolute Gasteiger partial charge is 0.481 e. The molecule has 0 aromatic heterocycles. The number of benzene rings is 1. The van der Waals surface area contributed by atoms with Gasteiger partial charge in [-0.3, -0.25) is 24.5 Å². The first kappa shape index (κ1) is 30.5. The van der Waals surface area contributed by atoms with Crippen LogP contribution in [-0.4, -0.2) is 40.9 Å². The average Bonchev–Trinajstić information content (AvgIpc) is 3.08. The standard InChI is InChI=1S/C31H38N2O7/c1-20(2)18-31(6,19-21(3)28(35)36)29(37)40-16-15-32-25-10-8-7-9-24(25)30(4,5)27(32)14-11-22-17-23(33(38)39)12-13-26(22)34/h7-14,17,20-21H,15-16,18-19H2,1-6H3,(H,35,36). The highest BCUT2D eigenvalue weighted by Crippen LogP contribution is 2.47. The minimum Gasteiger partial charge on any atom is -0.481 e. The summed E-state index contributed by atoms with van der Waals surface area (Å²) < 4.78 is 5.77. The molecule has 0 radical (unpaired) electrons. The Morgan fingerprint density at radius 2 is 1.82 bits per heavy atom. The number of anilines is 1. The van der Waals surface area contributed by atoms with Crippen LogP contribution in [0.2, 0.25) is 0 Å². The minimum atomic E-state index is -0.949. The van der Waals surface area contributed by atoms with E-state index >= 15 is 0 Å². The van der Waals surface area contributed by atoms with Gasteiger partial charge in [-0.1, -0.05) is 52.8 Å². The summed E-state index contributed by atoms with van der Waals surface area (Å²) >= 11 is 0. The van der Waals surface area contributed by atoms with Crippen LogP contribution in [0.1, 0.15) is 59.9 Å². The Kier molecular flexibility index (Phi) is 9.18. The van der Waals surface area contributed by atoms with E-state index in [-0.39, 0.29) is 36.0 Å². The molecule has 214 valence electrons. The zero-order chi connectivity index (χ0) is 29.8. The summed E-state index contributed by atoms with van der Waals surface area (Å²) in [7, 11) is 0. The molecule has 1 aliphatic heterocycles. The first-order chi connectivity index (χ1) is 18.7. The van der Waals surface area contributed by atoms with Crippen molar-refractivity contribution in [2.75, 3.05) is 18.1 Å². The predicted molar refractivity (Wildman–Crippen MR) is 152 cm³/mol. The van der Waals surface area contributed by atoms with E-state index in [9.17, 15) is 29.6 Å². The molecule has 3 rings (SSSR count). The van der Waals surface area contributed by atoms with E-state index in [0.29, 0.717) is 13.0 Å². The zero-order valence-electron chi connectivity index (χ0n) is 24.0. The summed E-state index contributed by atoms with van der Waals surface area (Å²) in [6.45, 7) is 11.8. The van der Waals surface area contributed by atoms with Gasteiger partial charge in [-0.25, -0.2) is 0 Å². The molecule has 1 aromatic rings. The fourth-order valence-corrected chi connectivity index (χ4v) is 5.65. The van der Waals surface area contributed by atoms with E-state index in [1.165, 1.54) is 18.2 Å². The van der Waals surface area contributed by atoms with E-state index in [0.717, 1.165) is 16.9 Å². The van der Waals surface area contributed by atoms with Crippen molar-refractivity contribution in [1.82, 2.24) is 0 Å². The van der Waals surface area contributed by atoms with Crippen LogP contribution in [0.15, 0.2) is 71.6 Å². The molecular formula is C31H38N2O7. The first-order valence-corrected chi connectivity index (χ1v) is 13.5. The zero-order valence-corrected chi connectivity index (χ0v) is 24.0. The first-order valence-electron chi connectivity index (χ1n) is 13.5. The van der Waals surface area contributed by atoms with Crippen LogP contribution in [0.25, 0.3) is 0 Å². The number of ketones is 1. The van der Waals surface area contributed by atoms with Gasteiger partial charge in [0.2, 0.25) is 0 Å². The van der Waals surface area contributed by atoms with Gasteiger partial charge < -0.3 is 14.7 Å². The summed E-state index contributed by atoms with van der Waals surface area (Å²) in [6.07, 6.45) is 7.70. The normalized spacial score (nSPS) is 20.3. The number of ether oxygens (including phenoxy) is 1. The molecular weight excluding hydrogens is 512 g/mol. The van der Waals surface area contributed by atoms with Crippen molar-refractivity contribution in [3.63, 3.8) is 0 Å². The number of rotatable bonds is 11. The SMILES string of the molecule is CC(C)CC(C)(CC(C)C(=O)O)C(=O)OCCN1C(=CC=C2C=C([N+](=O)[O-])C=CC2=O)C(C)(C)c2ccccc21. The monoisotopic (exact) mass is 550 g/mol. The van der Waals surface area contributed by atoms with Gasteiger partial charge in [-0.2, -0.15) is 0 Å². The Hall–Kier alpha value is -4.01. The molecule has 0 spiro atoms. The van der Waals surface area contributed by atoms with Crippen molar-refractivity contribution in [3.8, 4) is 0 Å². The van der Waals surface area contributed by atoms with E-state index in [1.54, 1.807) is 26.0 Å². The molecule has 40 heavy (non-hydrogen) atoms. The molecule has 1 N–H and O–H groups in total. The number of nitrogens with zero attached hydrogens (tertiary/aromatic N) is 2. The van der Waals surface area contributed by atoms with E-state index in [2.05, 4.69) is 13.8 Å². The smallest absolute Gasteiger partial charge is 0.311 e. The molecule has 1 aromatic carbocycles. The summed E-state index contributed by atoms with van der Waals surface area (Å²) in [6, 6.07) is 7.87. The van der Waals surface area contributed by atoms with Crippen LogP contribution >= 0.6 is 0 Å². The van der Waals surface area contributed by atoms with E-state index in [4.69, 9.17) is 4.74 Å². The molecule has 1 aliphatic carbocycles. The van der Waals surface area contributed by atoms with Crippen LogP contribution < -0.4 is 4.90 Å². The van der Waals surface area contributed by atoms with Gasteiger partial charge in [0.05, 0.1) is 22.8 Å². The molecule has 2 unspecified atom stereocenters. The number of hydrogen-bond donors (Lipinski definition) is 1. The second-order valence-electron chi connectivity index (χ2n) is 11.7. The summed E-state index contributed by atoms with van der Waals surface area (Å²) in [5, 5.41) is 20.6. The maximum Gasteiger partial charge on any atom is 0.311 e. The fourth-order valence-electron chi connectivity index (χ4n) is 5.65. The third kappa shape index (κ3) is 6.58. The second kappa shape index (κ2) is 12.0. The molecule has 9 heteroatoms. The molecule has 2 aliphatic rings. The van der Waals surface area contributed by atoms with Crippen molar-refractivity contribution >= 4 is 23.4 Å². The van der Waals surface area contributed by atoms with Gasteiger partial charge >= 0.3 is 11.9 Å². The van der Waals surface area contributed by atoms with Crippen LogP contribution in [-0.2, 0) is 24.5 Å². The number of fused-ring (bicyclic) bond motifs is 1. The molecule has 1 heterocycles. The highest BCUT2D eigenvalue weighted by Gasteiger charge is 2.41. The van der Waals surface area contributed by atoms with E-state index < -0.39 is 33.6 Å². The lowest BCUT2D eigenvalue weighted by atomic mass is 9.75. The van der Waals surface area contributed by atoms with Gasteiger partial charge in [0.1, 0.15) is 6.61 Å². The number of carbonyl (C=O) groups is 3. The Balaban J connectivity index is 1.88. The second-order valence-corrected chi connectivity index (χ2v) is 11.7. The number of carboxylic acids is 1. The van der Waals surface area contributed by atoms with Crippen LogP contribution in [0.5, 0.6) is 0 Å². The lowest BCUT2D eigenvalue weighted by Crippen LogP contribution is -2.36. The van der Waals surface area contributed by atoms with Crippen molar-refractivity contribution < 1.29 is 29.2 Å². The van der Waals surface area contributed by atoms with Gasteiger partial charge in [0, 0.05) is 34.5 Å². The van der Waals surface area contributed by atoms with Gasteiger partial charge in [-0.15, -0.1) is 0 Å². The van der Waals surface area contributed by atoms with Crippen molar-refractivity contribution in [2.24, 2.45) is 17.3 Å². The Morgan fingerprint density at radius 3 is 2.45 bits per heavy atom. The quantitative estimate of drug-likeness (QED) is 0.163. The minimum absolute atomic E-state index is 0.0688. The Labute approximate surface area is 235 Å². The summed E-state index contributed by atoms with van der Waals surface area (Å²) in [5.41, 5.74) is 1.49. The number of carboxylic acid groups (broad SMARTS) is 1. The molecule has 0 bridgehead atoms. The number of esters is 1. The number of aliphatic carboxylic acids is 1. The molecule has 0 fully saturated rings. The lowest BCUT2D eigenvalue weighted by molar-refractivity contribution is -0.419. The Morgan fingerprint density at radius 1 is 1.15 bits per heavy atom. The summed E-state index contributed by atoms with van der Waals surface area (Å²) in [5.74, 6) is -2.21. The number of hydrogen-bond acceptors (Lipinski definition) is 7. The third-order valence-electron chi connectivity index (χ3n) is 7.50. The van der Waals surface area contributed by atoms with Gasteiger partial charge in [0.15, 0.2) is 5.78 Å². The molecule has 0 amide bonds. The predicted octanol–water partition coefficient (Wildman–Crippen LogP) is 5.60. The average molecular weight is 551 g/mol. The highest BCUT2D eigenvalue weighted by molar-refractivity contribution is 6.07. The van der Waals surface area contributed by atoms with Gasteiger partial charge in [-0.05, 0) is 55.5 Å². The fraction of sp³-hybridized carbons (Fsp3) is 0.452. The number of allylic oxidation sites excluding steroid dienone is 7. The van der Waals surface area contributed by atoms with Crippen molar-refractivity contribution in [2.45, 2.75) is 59.8 Å². The summed E-state index contributed by atoms with van der Waals surface area (Å²) in [4.78, 5) is 49.9. The number of para-hydroxylation sites is 1.